The summed E-state index contributed by atoms with van der Waals surface area (Å²) < 4.78 is 5.64. The van der Waals surface area contributed by atoms with Crippen molar-refractivity contribution >= 4 is 13.5 Å². The lowest BCUT2D eigenvalue weighted by molar-refractivity contribution is 0.596. The van der Waals surface area contributed by atoms with E-state index in [1.165, 1.54) is 34.5 Å². The van der Waals surface area contributed by atoms with Crippen molar-refractivity contribution in [3.8, 4) is 0 Å². The van der Waals surface area contributed by atoms with Crippen LogP contribution in [0.25, 0.3) is 0 Å². The molecule has 0 atom stereocenters. The van der Waals surface area contributed by atoms with Gasteiger partial charge in [-0.2, -0.15) is 0 Å². The molecule has 0 unspecified atom stereocenters. The second kappa shape index (κ2) is 6.44. The predicted octanol–water partition coefficient (Wildman–Crippen LogP) is 4.56. The van der Waals surface area contributed by atoms with E-state index in [9.17, 15) is 0 Å². The number of rotatable bonds is 6. The van der Waals surface area contributed by atoms with Gasteiger partial charge in [0, 0.05) is 0 Å². The van der Waals surface area contributed by atoms with Gasteiger partial charge in [-0.15, -0.1) is 0 Å². The van der Waals surface area contributed by atoms with E-state index in [1.807, 2.05) is 6.07 Å². The number of furan rings is 1. The molecular weight excluding hydrogens is 260 g/mol. The summed E-state index contributed by atoms with van der Waals surface area (Å²) in [6.07, 6.45) is 5.22. The Bertz CT molecular complexity index is 518. The third-order valence-corrected chi connectivity index (χ3v) is 7.27. The van der Waals surface area contributed by atoms with Crippen LogP contribution < -0.4 is 5.38 Å². The molecule has 1 aromatic carbocycles. The molecule has 0 radical (unpaired) electrons. The van der Waals surface area contributed by atoms with Crippen molar-refractivity contribution in [3.63, 3.8) is 0 Å². The van der Waals surface area contributed by atoms with Gasteiger partial charge in [-0.25, -0.2) is 0 Å². The molecule has 1 nitrogen and oxygen atoms in total. The van der Waals surface area contributed by atoms with Crippen LogP contribution in [-0.2, 0) is 19.3 Å². The lowest BCUT2D eigenvalue weighted by atomic mass is 10.0. The lowest BCUT2D eigenvalue weighted by Gasteiger charge is -2.19. The molecule has 0 bridgehead atoms. The van der Waals surface area contributed by atoms with Crippen molar-refractivity contribution in [2.24, 2.45) is 0 Å². The molecule has 2 rings (SSSR count). The molecule has 0 aliphatic carbocycles. The zero-order chi connectivity index (χ0) is 14.6. The Kier molecular flexibility index (Phi) is 4.87. The Morgan fingerprint density at radius 3 is 2.05 bits per heavy atom. The van der Waals surface area contributed by atoms with Crippen molar-refractivity contribution in [1.29, 1.82) is 0 Å². The minimum Gasteiger partial charge on any atom is -0.475 e. The van der Waals surface area contributed by atoms with Crippen molar-refractivity contribution in [3.05, 3.63) is 53.3 Å². The van der Waals surface area contributed by atoms with Gasteiger partial charge in [0.25, 0.3) is 0 Å². The van der Waals surface area contributed by atoms with Gasteiger partial charge in [0.15, 0.2) is 0 Å². The summed E-state index contributed by atoms with van der Waals surface area (Å²) in [5.74, 6) is 0. The Morgan fingerprint density at radius 1 is 0.950 bits per heavy atom. The molecule has 0 aliphatic heterocycles. The maximum atomic E-state index is 5.64. The van der Waals surface area contributed by atoms with Gasteiger partial charge in [0.1, 0.15) is 8.07 Å². The highest BCUT2D eigenvalue weighted by atomic mass is 28.3. The minimum absolute atomic E-state index is 1.12. The Morgan fingerprint density at radius 2 is 1.55 bits per heavy atom. The molecule has 20 heavy (non-hydrogen) atoms. The first-order valence-corrected chi connectivity index (χ1v) is 10.9. The van der Waals surface area contributed by atoms with Gasteiger partial charge in [-0.05, 0) is 54.1 Å². The van der Waals surface area contributed by atoms with Crippen LogP contribution in [0.15, 0.2) is 41.0 Å². The topological polar surface area (TPSA) is 13.1 Å². The zero-order valence-corrected chi connectivity index (χ0v) is 14.2. The largest absolute Gasteiger partial charge is 0.475 e. The first-order valence-electron chi connectivity index (χ1n) is 7.71. The zero-order valence-electron chi connectivity index (χ0n) is 13.2. The summed E-state index contributed by atoms with van der Waals surface area (Å²) in [4.78, 5) is 0. The molecule has 1 heterocycles. The van der Waals surface area contributed by atoms with Gasteiger partial charge >= 0.3 is 0 Å². The average molecular weight is 286 g/mol. The number of hydrogen-bond acceptors (Lipinski definition) is 1. The van der Waals surface area contributed by atoms with Gasteiger partial charge < -0.3 is 4.42 Å². The average Bonchev–Trinajstić information content (AvgIpc) is 3.00. The summed E-state index contributed by atoms with van der Waals surface area (Å²) in [6.45, 7) is 9.27. The van der Waals surface area contributed by atoms with Crippen molar-refractivity contribution in [1.82, 2.24) is 0 Å². The van der Waals surface area contributed by atoms with Crippen LogP contribution in [-0.4, -0.2) is 8.07 Å². The molecule has 0 saturated carbocycles. The van der Waals surface area contributed by atoms with Crippen LogP contribution >= 0.6 is 0 Å². The highest BCUT2D eigenvalue weighted by Crippen LogP contribution is 2.18. The first kappa shape index (κ1) is 15.1. The van der Waals surface area contributed by atoms with Crippen molar-refractivity contribution < 1.29 is 4.42 Å². The summed E-state index contributed by atoms with van der Waals surface area (Å²) >= 11 is 0. The van der Waals surface area contributed by atoms with Gasteiger partial charge in [-0.3, -0.25) is 0 Å². The fourth-order valence-electron chi connectivity index (χ4n) is 2.64. The first-order chi connectivity index (χ1) is 9.55. The van der Waals surface area contributed by atoms with Gasteiger partial charge in [0.2, 0.25) is 0 Å². The maximum Gasteiger partial charge on any atom is 0.126 e. The minimum atomic E-state index is -1.43. The molecule has 108 valence electrons. The van der Waals surface area contributed by atoms with E-state index >= 15 is 0 Å². The Labute approximate surface area is 124 Å². The second-order valence-electron chi connectivity index (χ2n) is 6.23. The fraction of sp³-hybridized carbons (Fsp3) is 0.444. The third kappa shape index (κ3) is 3.63. The Hall–Kier alpha value is -1.28. The molecule has 1 aromatic heterocycles. The number of aryl methyl sites for hydroxylation is 3. The van der Waals surface area contributed by atoms with Gasteiger partial charge in [-0.1, -0.05) is 45.1 Å². The summed E-state index contributed by atoms with van der Waals surface area (Å²) in [7, 11) is -1.43. The van der Waals surface area contributed by atoms with Crippen LogP contribution in [0.3, 0.4) is 0 Å². The normalized spacial score (nSPS) is 11.8. The molecule has 0 amide bonds. The van der Waals surface area contributed by atoms with E-state index in [0.29, 0.717) is 0 Å². The fourth-order valence-corrected chi connectivity index (χ4v) is 4.73. The highest BCUT2D eigenvalue weighted by Gasteiger charge is 2.26. The van der Waals surface area contributed by atoms with E-state index in [-0.39, 0.29) is 0 Å². The molecule has 0 aliphatic rings. The van der Waals surface area contributed by atoms with Crippen molar-refractivity contribution in [2.75, 3.05) is 0 Å². The molecule has 0 N–H and O–H groups in total. The van der Waals surface area contributed by atoms with Crippen LogP contribution in [0.5, 0.6) is 0 Å². The standard InChI is InChI=1S/C18H26OSi/c1-5-15-12-16(6-2)14-17(13-15)9-11-20(3,4)18-8-7-10-19-18/h7-8,10,12-14H,5-6,9,11H2,1-4H3. The molecule has 0 spiro atoms. The second-order valence-corrected chi connectivity index (χ2v) is 11.0. The molecule has 2 heteroatoms. The number of hydrogen-bond donors (Lipinski definition) is 0. The maximum absolute atomic E-state index is 5.64. The summed E-state index contributed by atoms with van der Waals surface area (Å²) in [6, 6.07) is 12.5. The van der Waals surface area contributed by atoms with E-state index < -0.39 is 8.07 Å². The van der Waals surface area contributed by atoms with Gasteiger partial charge in [0.05, 0.1) is 11.6 Å². The predicted molar refractivity (Wildman–Crippen MR) is 89.5 cm³/mol. The van der Waals surface area contributed by atoms with E-state index in [4.69, 9.17) is 4.42 Å². The van der Waals surface area contributed by atoms with E-state index in [0.717, 1.165) is 12.8 Å². The number of benzene rings is 1. The van der Waals surface area contributed by atoms with Crippen LogP contribution in [0.4, 0.5) is 0 Å². The third-order valence-electron chi connectivity index (χ3n) is 4.16. The molecule has 2 aromatic rings. The van der Waals surface area contributed by atoms with Crippen LogP contribution in [0.1, 0.15) is 30.5 Å². The van der Waals surface area contributed by atoms with E-state index in [1.54, 1.807) is 6.26 Å². The molecule has 0 saturated heterocycles. The van der Waals surface area contributed by atoms with E-state index in [2.05, 4.69) is 51.2 Å². The lowest BCUT2D eigenvalue weighted by Crippen LogP contribution is -2.40. The molecule has 0 fully saturated rings. The summed E-state index contributed by atoms with van der Waals surface area (Å²) in [5.41, 5.74) is 4.43. The SMILES string of the molecule is CCc1cc(CC)cc(CC[Si](C)(C)c2ccco2)c1. The quantitative estimate of drug-likeness (QED) is 0.709. The highest BCUT2D eigenvalue weighted by molar-refractivity contribution is 6.88. The summed E-state index contributed by atoms with van der Waals surface area (Å²) in [5, 5.41) is 1.22. The monoisotopic (exact) mass is 286 g/mol. The molecular formula is C18H26OSi. The van der Waals surface area contributed by atoms with Crippen LogP contribution in [0, 0.1) is 0 Å². The van der Waals surface area contributed by atoms with Crippen molar-refractivity contribution in [2.45, 2.75) is 52.2 Å². The smallest absolute Gasteiger partial charge is 0.126 e. The Balaban J connectivity index is 2.10. The van der Waals surface area contributed by atoms with Crippen LogP contribution in [0.2, 0.25) is 19.1 Å².